The third kappa shape index (κ3) is 3.97. The van der Waals surface area contributed by atoms with E-state index >= 15 is 0 Å². The highest BCUT2D eigenvalue weighted by molar-refractivity contribution is 6.27. The van der Waals surface area contributed by atoms with Crippen LogP contribution in [0.15, 0.2) is 174 Å². The molecule has 1 heterocycles. The Labute approximate surface area is 295 Å². The number of hydrogen-bond donors (Lipinski definition) is 0. The standard InChI is InChI=1S/C46H28O/c1-3-13-31-27-33(25-23-29(31)11-1)43-35-15-5-6-16-36(35)44(34-26-24-30-12-2-4-14-32(30)28-34)46-38(18-9-20-40(43)46)37-19-10-22-42-45(37)39-17-7-8-21-41(39)47-42/h1-28H/i2D,4D,5D,6D,7D,8D,9D,12D,14D,15D,16D,17D,20D,21D,24D,26D,28D. The van der Waals surface area contributed by atoms with E-state index in [4.69, 9.17) is 18.1 Å². The molecule has 47 heavy (non-hydrogen) atoms. The Hall–Kier alpha value is -6.18. The van der Waals surface area contributed by atoms with E-state index in [0.29, 0.717) is 5.56 Å². The quantitative estimate of drug-likeness (QED) is 0.181. The Balaban J connectivity index is 1.57. The van der Waals surface area contributed by atoms with Crippen LogP contribution >= 0.6 is 0 Å². The average molecular weight is 614 g/mol. The van der Waals surface area contributed by atoms with Gasteiger partial charge in [0, 0.05) is 10.8 Å². The lowest BCUT2D eigenvalue weighted by atomic mass is 9.82. The maximum atomic E-state index is 9.75. The van der Waals surface area contributed by atoms with Gasteiger partial charge in [-0.3, -0.25) is 0 Å². The van der Waals surface area contributed by atoms with Crippen LogP contribution in [0, 0.1) is 0 Å². The fourth-order valence-corrected chi connectivity index (χ4v) is 6.60. The van der Waals surface area contributed by atoms with Crippen LogP contribution in [0.1, 0.15) is 23.3 Å². The van der Waals surface area contributed by atoms with Gasteiger partial charge >= 0.3 is 0 Å². The minimum absolute atomic E-state index is 0.0113. The summed E-state index contributed by atoms with van der Waals surface area (Å²) in [5.41, 5.74) is -0.00682. The molecule has 0 N–H and O–H groups in total. The van der Waals surface area contributed by atoms with E-state index < -0.39 is 113 Å². The summed E-state index contributed by atoms with van der Waals surface area (Å²) in [6, 6.07) is 8.62. The van der Waals surface area contributed by atoms with Gasteiger partial charge in [0.15, 0.2) is 0 Å². The van der Waals surface area contributed by atoms with Crippen LogP contribution < -0.4 is 0 Å². The van der Waals surface area contributed by atoms with Gasteiger partial charge in [0.1, 0.15) is 11.2 Å². The Morgan fingerprint density at radius 3 is 2.02 bits per heavy atom. The van der Waals surface area contributed by atoms with Crippen LogP contribution in [0.25, 0.3) is 98.4 Å². The Morgan fingerprint density at radius 1 is 0.404 bits per heavy atom. The smallest absolute Gasteiger partial charge is 0.136 e. The lowest BCUT2D eigenvalue weighted by Crippen LogP contribution is -1.94. The Bertz CT molecular complexity index is 3820. The fraction of sp³-hybridized carbons (Fsp3) is 0. The van der Waals surface area contributed by atoms with E-state index in [1.807, 2.05) is 24.3 Å². The molecule has 0 radical (unpaired) electrons. The van der Waals surface area contributed by atoms with Crippen molar-refractivity contribution in [1.29, 1.82) is 0 Å². The third-order valence-corrected chi connectivity index (χ3v) is 8.59. The van der Waals surface area contributed by atoms with Gasteiger partial charge in [-0.25, -0.2) is 0 Å². The van der Waals surface area contributed by atoms with Crippen LogP contribution in [0.4, 0.5) is 0 Å². The summed E-state index contributed by atoms with van der Waals surface area (Å²) in [4.78, 5) is 0. The van der Waals surface area contributed by atoms with Crippen molar-refractivity contribution in [2.45, 2.75) is 0 Å². The predicted octanol–water partition coefficient (Wildman–Crippen LogP) is 13.2. The highest BCUT2D eigenvalue weighted by Gasteiger charge is 2.22. The molecule has 0 atom stereocenters. The molecule has 0 spiro atoms. The Kier molecular flexibility index (Phi) is 3.14. The van der Waals surface area contributed by atoms with Crippen molar-refractivity contribution >= 4 is 65.0 Å². The number of rotatable bonds is 3. The molecule has 0 aliphatic carbocycles. The zero-order chi connectivity index (χ0) is 45.7. The Morgan fingerprint density at radius 2 is 1.13 bits per heavy atom. The maximum absolute atomic E-state index is 9.75. The van der Waals surface area contributed by atoms with Crippen molar-refractivity contribution in [2.75, 3.05) is 0 Å². The van der Waals surface area contributed by atoms with Gasteiger partial charge in [-0.15, -0.1) is 0 Å². The molecule has 0 unspecified atom stereocenters. The van der Waals surface area contributed by atoms with Crippen LogP contribution in [-0.4, -0.2) is 0 Å². The molecule has 10 rings (SSSR count). The van der Waals surface area contributed by atoms with E-state index in [1.54, 1.807) is 36.4 Å². The largest absolute Gasteiger partial charge is 0.456 e. The summed E-state index contributed by atoms with van der Waals surface area (Å²) in [6.07, 6.45) is 0. The first-order valence-corrected chi connectivity index (χ1v) is 14.8. The maximum Gasteiger partial charge on any atom is 0.136 e. The first kappa shape index (κ1) is 14.5. The second-order valence-corrected chi connectivity index (χ2v) is 11.1. The lowest BCUT2D eigenvalue weighted by Gasteiger charge is -2.21. The zero-order valence-corrected chi connectivity index (χ0v) is 24.3. The van der Waals surface area contributed by atoms with Crippen LogP contribution in [0.2, 0.25) is 0 Å². The van der Waals surface area contributed by atoms with Gasteiger partial charge in [-0.1, -0.05) is 145 Å². The zero-order valence-electron chi connectivity index (χ0n) is 41.3. The fourth-order valence-electron chi connectivity index (χ4n) is 6.60. The summed E-state index contributed by atoms with van der Waals surface area (Å²) in [6.45, 7) is 0. The third-order valence-electron chi connectivity index (χ3n) is 8.59. The molecule has 1 nitrogen and oxygen atoms in total. The van der Waals surface area contributed by atoms with Crippen LogP contribution in [-0.2, 0) is 0 Å². The van der Waals surface area contributed by atoms with Crippen molar-refractivity contribution in [3.05, 3.63) is 169 Å². The first-order valence-electron chi connectivity index (χ1n) is 23.3. The van der Waals surface area contributed by atoms with Gasteiger partial charge in [0.05, 0.1) is 23.3 Å². The van der Waals surface area contributed by atoms with Crippen molar-refractivity contribution in [3.63, 3.8) is 0 Å². The molecule has 0 saturated heterocycles. The molecular weight excluding hydrogens is 569 g/mol. The van der Waals surface area contributed by atoms with Crippen molar-refractivity contribution in [2.24, 2.45) is 0 Å². The topological polar surface area (TPSA) is 13.1 Å². The molecule has 218 valence electrons. The lowest BCUT2D eigenvalue weighted by molar-refractivity contribution is 0.669. The van der Waals surface area contributed by atoms with E-state index in [2.05, 4.69) is 0 Å². The van der Waals surface area contributed by atoms with Crippen molar-refractivity contribution in [3.8, 4) is 33.4 Å². The number of fused-ring (bicyclic) bond motifs is 7. The number of benzene rings is 9. The second kappa shape index (κ2) is 10.2. The van der Waals surface area contributed by atoms with E-state index in [1.165, 1.54) is 6.07 Å². The summed E-state index contributed by atoms with van der Waals surface area (Å²) in [5, 5.41) is 0.401. The van der Waals surface area contributed by atoms with Crippen molar-refractivity contribution in [1.82, 2.24) is 0 Å². The number of furan rings is 1. The summed E-state index contributed by atoms with van der Waals surface area (Å²) in [5.74, 6) is 0. The summed E-state index contributed by atoms with van der Waals surface area (Å²) in [7, 11) is 0. The first-order chi connectivity index (χ1) is 30.4. The molecule has 1 heteroatoms. The van der Waals surface area contributed by atoms with E-state index in [0.717, 1.165) is 10.8 Å². The SMILES string of the molecule is [2H]c1cc(-c2cccc3oc4c([2H])c([2H])c([2H])c([2H])c4c23)c2c(-c3c([2H])c([2H])c4c([2H])c([2H])c([2H])c([2H])c4c3[2H])c3c([2H])c([2H])c([2H])c([2H])c3c(-c3ccc4ccccc4c3)c2c1[2H]. The highest BCUT2D eigenvalue weighted by atomic mass is 16.3. The van der Waals surface area contributed by atoms with Crippen LogP contribution in [0.5, 0.6) is 0 Å². The molecule has 0 fully saturated rings. The second-order valence-electron chi connectivity index (χ2n) is 11.1. The predicted molar refractivity (Wildman–Crippen MR) is 200 cm³/mol. The molecule has 0 amide bonds. The number of para-hydroxylation sites is 1. The van der Waals surface area contributed by atoms with Gasteiger partial charge in [-0.05, 0) is 101 Å². The molecule has 10 aromatic rings. The number of hydrogen-bond acceptors (Lipinski definition) is 1. The van der Waals surface area contributed by atoms with E-state index in [9.17, 15) is 9.60 Å². The minimum Gasteiger partial charge on any atom is -0.456 e. The average Bonchev–Trinajstić information content (AvgIpc) is 3.69. The van der Waals surface area contributed by atoms with Gasteiger partial charge in [-0.2, -0.15) is 0 Å². The molecule has 0 saturated carbocycles. The highest BCUT2D eigenvalue weighted by Crippen LogP contribution is 2.49. The van der Waals surface area contributed by atoms with E-state index in [-0.39, 0.29) is 71.8 Å². The molecule has 0 bridgehead atoms. The molecule has 1 aromatic heterocycles. The van der Waals surface area contributed by atoms with Crippen LogP contribution in [0.3, 0.4) is 0 Å². The molecule has 0 aliphatic rings. The summed E-state index contributed by atoms with van der Waals surface area (Å²) >= 11 is 0. The van der Waals surface area contributed by atoms with Gasteiger partial charge < -0.3 is 4.42 Å². The van der Waals surface area contributed by atoms with Gasteiger partial charge in [0.25, 0.3) is 0 Å². The minimum atomic E-state index is -0.718. The molecular formula is C46H28O. The van der Waals surface area contributed by atoms with Gasteiger partial charge in [0.2, 0.25) is 0 Å². The normalized spacial score (nSPS) is 16.9. The molecule has 0 aliphatic heterocycles. The summed E-state index contributed by atoms with van der Waals surface area (Å²) < 4.78 is 160. The molecule has 9 aromatic carbocycles. The van der Waals surface area contributed by atoms with Crippen molar-refractivity contribution < 1.29 is 27.7 Å². The monoisotopic (exact) mass is 613 g/mol.